The topological polar surface area (TPSA) is 23.6 Å². The lowest BCUT2D eigenvalue weighted by Gasteiger charge is -2.40. The molecule has 3 aromatic carbocycles. The number of hydrogen-bond donors (Lipinski definition) is 0. The summed E-state index contributed by atoms with van der Waals surface area (Å²) in [6.07, 6.45) is 0.456. The van der Waals surface area contributed by atoms with Gasteiger partial charge < -0.3 is 9.80 Å². The summed E-state index contributed by atoms with van der Waals surface area (Å²) in [7, 11) is 2.13. The van der Waals surface area contributed by atoms with Crippen molar-refractivity contribution in [3.05, 3.63) is 83.9 Å². The summed E-state index contributed by atoms with van der Waals surface area (Å²) >= 11 is 0. The summed E-state index contributed by atoms with van der Waals surface area (Å²) in [5.41, 5.74) is 2.30. The molecule has 0 spiro atoms. The molecule has 0 aliphatic carbocycles. The average molecular weight is 344 g/mol. The second-order valence-corrected chi connectivity index (χ2v) is 7.13. The van der Waals surface area contributed by atoms with E-state index >= 15 is 0 Å². The van der Waals surface area contributed by atoms with Crippen molar-refractivity contribution >= 4 is 16.7 Å². The van der Waals surface area contributed by atoms with Crippen LogP contribution in [0.3, 0.4) is 0 Å². The van der Waals surface area contributed by atoms with E-state index in [2.05, 4.69) is 71.4 Å². The molecular formula is C23H24N2O. The summed E-state index contributed by atoms with van der Waals surface area (Å²) in [6, 6.07) is 25.1. The molecule has 3 nitrogen and oxygen atoms in total. The Labute approximate surface area is 154 Å². The number of amides is 1. The lowest BCUT2D eigenvalue weighted by molar-refractivity contribution is -0.135. The monoisotopic (exact) mass is 344 g/mol. The SMILES string of the molecule is CN1CCN(C(=O)Cc2ccc3ccccc3c2)[C@@H](c2ccccc2)C1. The molecular weight excluding hydrogens is 320 g/mol. The summed E-state index contributed by atoms with van der Waals surface area (Å²) in [5, 5.41) is 2.40. The first kappa shape index (κ1) is 16.8. The lowest BCUT2D eigenvalue weighted by Crippen LogP contribution is -2.49. The summed E-state index contributed by atoms with van der Waals surface area (Å²) in [4.78, 5) is 17.5. The first-order chi connectivity index (χ1) is 12.7. The van der Waals surface area contributed by atoms with Crippen LogP contribution < -0.4 is 0 Å². The third-order valence-corrected chi connectivity index (χ3v) is 5.26. The van der Waals surface area contributed by atoms with Gasteiger partial charge >= 0.3 is 0 Å². The number of carbonyl (C=O) groups is 1. The van der Waals surface area contributed by atoms with Gasteiger partial charge in [-0.3, -0.25) is 4.79 Å². The van der Waals surface area contributed by atoms with E-state index in [9.17, 15) is 4.79 Å². The van der Waals surface area contributed by atoms with Gasteiger partial charge in [0.2, 0.25) is 5.91 Å². The van der Waals surface area contributed by atoms with Gasteiger partial charge in [0, 0.05) is 19.6 Å². The first-order valence-corrected chi connectivity index (χ1v) is 9.21. The van der Waals surface area contributed by atoms with Gasteiger partial charge in [0.1, 0.15) is 0 Å². The van der Waals surface area contributed by atoms with Crippen molar-refractivity contribution in [2.45, 2.75) is 12.5 Å². The van der Waals surface area contributed by atoms with Crippen molar-refractivity contribution in [2.24, 2.45) is 0 Å². The first-order valence-electron chi connectivity index (χ1n) is 9.21. The van der Waals surface area contributed by atoms with Crippen LogP contribution in [0.5, 0.6) is 0 Å². The Morgan fingerprint density at radius 2 is 1.65 bits per heavy atom. The fraction of sp³-hybridized carbons (Fsp3) is 0.261. The van der Waals surface area contributed by atoms with Crippen molar-refractivity contribution in [3.8, 4) is 0 Å². The van der Waals surface area contributed by atoms with Crippen molar-refractivity contribution in [3.63, 3.8) is 0 Å². The van der Waals surface area contributed by atoms with Crippen LogP contribution in [0, 0.1) is 0 Å². The maximum atomic E-state index is 13.1. The number of piperazine rings is 1. The van der Waals surface area contributed by atoms with Gasteiger partial charge in [0.15, 0.2) is 0 Å². The summed E-state index contributed by atoms with van der Waals surface area (Å²) < 4.78 is 0. The van der Waals surface area contributed by atoms with Crippen LogP contribution in [-0.4, -0.2) is 42.4 Å². The molecule has 4 rings (SSSR count). The number of benzene rings is 3. The highest BCUT2D eigenvalue weighted by atomic mass is 16.2. The molecule has 1 aliphatic heterocycles. The van der Waals surface area contributed by atoms with E-state index in [1.54, 1.807) is 0 Å². The van der Waals surface area contributed by atoms with Crippen LogP contribution in [0.4, 0.5) is 0 Å². The van der Waals surface area contributed by atoms with Gasteiger partial charge in [-0.15, -0.1) is 0 Å². The van der Waals surface area contributed by atoms with Crippen LogP contribution >= 0.6 is 0 Å². The quantitative estimate of drug-likeness (QED) is 0.719. The highest BCUT2D eigenvalue weighted by molar-refractivity contribution is 5.85. The Morgan fingerprint density at radius 1 is 0.923 bits per heavy atom. The van der Waals surface area contributed by atoms with Crippen LogP contribution in [-0.2, 0) is 11.2 Å². The molecule has 1 amide bonds. The molecule has 0 aromatic heterocycles. The van der Waals surface area contributed by atoms with E-state index in [4.69, 9.17) is 0 Å². The normalized spacial score (nSPS) is 18.2. The van der Waals surface area contributed by atoms with Gasteiger partial charge in [0.05, 0.1) is 12.5 Å². The van der Waals surface area contributed by atoms with E-state index < -0.39 is 0 Å². The predicted octanol–water partition coefficient (Wildman–Crippen LogP) is 3.90. The van der Waals surface area contributed by atoms with E-state index in [0.717, 1.165) is 25.2 Å². The van der Waals surface area contributed by atoms with E-state index in [-0.39, 0.29) is 11.9 Å². The van der Waals surface area contributed by atoms with Gasteiger partial charge in [-0.1, -0.05) is 72.8 Å². The standard InChI is InChI=1S/C23H24N2O/c1-24-13-14-25(22(17-24)20-8-3-2-4-9-20)23(26)16-18-11-12-19-7-5-6-10-21(19)15-18/h2-12,15,22H,13-14,16-17H2,1H3/t22-/m1/s1. The molecule has 1 heterocycles. The molecule has 3 aromatic rings. The zero-order chi connectivity index (χ0) is 17.9. The third kappa shape index (κ3) is 3.49. The van der Waals surface area contributed by atoms with Crippen LogP contribution in [0.2, 0.25) is 0 Å². The van der Waals surface area contributed by atoms with Gasteiger partial charge in [-0.2, -0.15) is 0 Å². The Balaban J connectivity index is 1.56. The minimum atomic E-state index is 0.128. The molecule has 0 unspecified atom stereocenters. The number of nitrogens with zero attached hydrogens (tertiary/aromatic N) is 2. The van der Waals surface area contributed by atoms with Crippen LogP contribution in [0.25, 0.3) is 10.8 Å². The van der Waals surface area contributed by atoms with E-state index in [1.807, 2.05) is 18.2 Å². The Bertz CT molecular complexity index is 906. The molecule has 1 saturated heterocycles. The Hall–Kier alpha value is -2.65. The van der Waals surface area contributed by atoms with Gasteiger partial charge in [0.25, 0.3) is 0 Å². The van der Waals surface area contributed by atoms with E-state index in [0.29, 0.717) is 6.42 Å². The molecule has 3 heteroatoms. The minimum Gasteiger partial charge on any atom is -0.333 e. The van der Waals surface area contributed by atoms with Crippen molar-refractivity contribution < 1.29 is 4.79 Å². The second kappa shape index (κ2) is 7.30. The number of fused-ring (bicyclic) bond motifs is 1. The fourth-order valence-corrected chi connectivity index (χ4v) is 3.80. The average Bonchev–Trinajstić information content (AvgIpc) is 2.68. The summed E-state index contributed by atoms with van der Waals surface area (Å²) in [5.74, 6) is 0.210. The van der Waals surface area contributed by atoms with Crippen molar-refractivity contribution in [2.75, 3.05) is 26.7 Å². The number of likely N-dealkylation sites (N-methyl/N-ethyl adjacent to an activating group) is 1. The number of rotatable bonds is 3. The van der Waals surface area contributed by atoms with Crippen molar-refractivity contribution in [1.29, 1.82) is 0 Å². The highest BCUT2D eigenvalue weighted by Gasteiger charge is 2.29. The molecule has 0 saturated carbocycles. The molecule has 0 radical (unpaired) electrons. The smallest absolute Gasteiger partial charge is 0.227 e. The Kier molecular flexibility index (Phi) is 4.72. The van der Waals surface area contributed by atoms with Crippen LogP contribution in [0.1, 0.15) is 17.2 Å². The zero-order valence-electron chi connectivity index (χ0n) is 15.1. The second-order valence-electron chi connectivity index (χ2n) is 7.13. The predicted molar refractivity (Wildman–Crippen MR) is 106 cm³/mol. The fourth-order valence-electron chi connectivity index (χ4n) is 3.80. The summed E-state index contributed by atoms with van der Waals surface area (Å²) in [6.45, 7) is 2.59. The highest BCUT2D eigenvalue weighted by Crippen LogP contribution is 2.26. The maximum absolute atomic E-state index is 13.1. The van der Waals surface area contributed by atoms with Crippen LogP contribution in [0.15, 0.2) is 72.8 Å². The third-order valence-electron chi connectivity index (χ3n) is 5.26. The molecule has 1 aliphatic rings. The largest absolute Gasteiger partial charge is 0.333 e. The van der Waals surface area contributed by atoms with Gasteiger partial charge in [-0.05, 0) is 28.9 Å². The number of carbonyl (C=O) groups excluding carboxylic acids is 1. The number of hydrogen-bond acceptors (Lipinski definition) is 2. The lowest BCUT2D eigenvalue weighted by atomic mass is 10.0. The minimum absolute atomic E-state index is 0.128. The molecule has 132 valence electrons. The zero-order valence-corrected chi connectivity index (χ0v) is 15.1. The molecule has 1 atom stereocenters. The molecule has 26 heavy (non-hydrogen) atoms. The Morgan fingerprint density at radius 3 is 2.46 bits per heavy atom. The molecule has 0 N–H and O–H groups in total. The van der Waals surface area contributed by atoms with Crippen molar-refractivity contribution in [1.82, 2.24) is 9.80 Å². The van der Waals surface area contributed by atoms with E-state index in [1.165, 1.54) is 16.3 Å². The maximum Gasteiger partial charge on any atom is 0.227 e. The molecule has 0 bridgehead atoms. The molecule has 1 fully saturated rings. The van der Waals surface area contributed by atoms with Gasteiger partial charge in [-0.25, -0.2) is 0 Å².